The zero-order chi connectivity index (χ0) is 2.12. The number of hydrogen-bond donors (Lipinski definition) is 0. The molecule has 20 valence electrons. The molecule has 0 saturated heterocycles. The summed E-state index contributed by atoms with van der Waals surface area (Å²) in [7, 11) is 0. The van der Waals surface area contributed by atoms with Gasteiger partial charge in [-0.25, -0.2) is 6.42 Å². The van der Waals surface area contributed by atoms with Gasteiger partial charge < -0.3 is 6.08 Å². The van der Waals surface area contributed by atoms with Gasteiger partial charge in [0.2, 0.25) is 0 Å². The van der Waals surface area contributed by atoms with Crippen LogP contribution in [0.2, 0.25) is 0 Å². The van der Waals surface area contributed by atoms with Crippen LogP contribution in [0.3, 0.4) is 0 Å². The minimum absolute atomic E-state index is 0. The molecule has 1 rings (SSSR count). The van der Waals surface area contributed by atoms with Crippen LogP contribution in [-0.4, -0.2) is 0 Å². The number of hydrogen-bond acceptors (Lipinski definition) is 0. The molecule has 0 aromatic heterocycles. The van der Waals surface area contributed by atoms with Gasteiger partial charge in [-0.05, 0) is 0 Å². The smallest absolute Gasteiger partial charge is 0 e. The Morgan fingerprint density at radius 2 is 2.00 bits per heavy atom. The molecular formula is C3H3Ti-. The van der Waals surface area contributed by atoms with E-state index in [-0.39, 0.29) is 21.7 Å². The predicted octanol–water partition coefficient (Wildman–Crippen LogP) is 0.747. The SMILES string of the molecule is [C-]1=CC1.[Ti]. The van der Waals surface area contributed by atoms with Crippen molar-refractivity contribution < 1.29 is 21.7 Å². The van der Waals surface area contributed by atoms with E-state index in [2.05, 4.69) is 6.08 Å². The molecule has 0 fully saturated rings. The number of rotatable bonds is 0. The van der Waals surface area contributed by atoms with Gasteiger partial charge in [-0.2, -0.15) is 0 Å². The first kappa shape index (κ1) is 4.45. The van der Waals surface area contributed by atoms with Crippen molar-refractivity contribution in [3.63, 3.8) is 0 Å². The third-order valence-corrected chi connectivity index (χ3v) is 0.204. The van der Waals surface area contributed by atoms with E-state index in [1.54, 1.807) is 0 Å². The Morgan fingerprint density at radius 1 is 1.75 bits per heavy atom. The van der Waals surface area contributed by atoms with E-state index in [9.17, 15) is 0 Å². The summed E-state index contributed by atoms with van der Waals surface area (Å²) < 4.78 is 0. The van der Waals surface area contributed by atoms with Crippen molar-refractivity contribution >= 4 is 0 Å². The molecule has 0 nitrogen and oxygen atoms in total. The van der Waals surface area contributed by atoms with E-state index < -0.39 is 0 Å². The summed E-state index contributed by atoms with van der Waals surface area (Å²) in [5, 5.41) is 0. The quantitative estimate of drug-likeness (QED) is 0.302. The van der Waals surface area contributed by atoms with Crippen LogP contribution in [0.1, 0.15) is 6.42 Å². The van der Waals surface area contributed by atoms with Crippen LogP contribution < -0.4 is 0 Å². The topological polar surface area (TPSA) is 0 Å². The van der Waals surface area contributed by atoms with Crippen LogP contribution in [-0.2, 0) is 21.7 Å². The zero-order valence-electron chi connectivity index (χ0n) is 2.28. The van der Waals surface area contributed by atoms with Gasteiger partial charge in [0.15, 0.2) is 0 Å². The van der Waals surface area contributed by atoms with Gasteiger partial charge in [0.25, 0.3) is 0 Å². The Balaban J connectivity index is 0.0000000900. The fraction of sp³-hybridized carbons (Fsp3) is 0.333. The predicted molar refractivity (Wildman–Crippen MR) is 12.4 cm³/mol. The number of allylic oxidation sites excluding steroid dienone is 2. The van der Waals surface area contributed by atoms with Crippen LogP contribution >= 0.6 is 0 Å². The van der Waals surface area contributed by atoms with E-state index in [1.165, 1.54) is 0 Å². The molecule has 1 aliphatic rings. The van der Waals surface area contributed by atoms with E-state index >= 15 is 0 Å². The van der Waals surface area contributed by atoms with Crippen molar-refractivity contribution in [3.05, 3.63) is 12.2 Å². The molecule has 1 heteroatoms. The minimum Gasteiger partial charge on any atom is -0.502 e. The molecule has 0 aromatic carbocycles. The van der Waals surface area contributed by atoms with Gasteiger partial charge in [0, 0.05) is 21.7 Å². The molecule has 0 spiro atoms. The molecule has 0 bridgehead atoms. The van der Waals surface area contributed by atoms with E-state index in [4.69, 9.17) is 0 Å². The van der Waals surface area contributed by atoms with Crippen molar-refractivity contribution in [1.29, 1.82) is 0 Å². The Morgan fingerprint density at radius 3 is 2.00 bits per heavy atom. The molecule has 0 N–H and O–H groups in total. The molecule has 0 heterocycles. The summed E-state index contributed by atoms with van der Waals surface area (Å²) in [6.45, 7) is 0. The van der Waals surface area contributed by atoms with Gasteiger partial charge in [-0.1, -0.05) is 0 Å². The summed E-state index contributed by atoms with van der Waals surface area (Å²) in [6, 6.07) is 0. The second kappa shape index (κ2) is 1.74. The van der Waals surface area contributed by atoms with Crippen molar-refractivity contribution in [2.75, 3.05) is 0 Å². The van der Waals surface area contributed by atoms with Crippen LogP contribution in [0.25, 0.3) is 0 Å². The minimum atomic E-state index is 0. The van der Waals surface area contributed by atoms with Gasteiger partial charge in [0.05, 0.1) is 0 Å². The molecule has 0 atom stereocenters. The maximum atomic E-state index is 2.88. The van der Waals surface area contributed by atoms with Gasteiger partial charge in [-0.3, -0.25) is 6.08 Å². The monoisotopic (exact) mass is 87.0 g/mol. The molecule has 0 saturated carbocycles. The second-order valence-corrected chi connectivity index (χ2v) is 0.612. The first-order chi connectivity index (χ1) is 1.50. The molecule has 0 amide bonds. The molecule has 0 radical (unpaired) electrons. The third-order valence-electron chi connectivity index (χ3n) is 0.204. The first-order valence-electron chi connectivity index (χ1n) is 1.05. The van der Waals surface area contributed by atoms with E-state index in [1.807, 2.05) is 6.08 Å². The average molecular weight is 86.9 g/mol. The summed E-state index contributed by atoms with van der Waals surface area (Å²) >= 11 is 0. The van der Waals surface area contributed by atoms with Gasteiger partial charge in [-0.15, -0.1) is 0 Å². The van der Waals surface area contributed by atoms with Crippen molar-refractivity contribution in [2.24, 2.45) is 0 Å². The Kier molecular flexibility index (Phi) is 1.94. The van der Waals surface area contributed by atoms with Crippen LogP contribution in [0.15, 0.2) is 6.08 Å². The summed E-state index contributed by atoms with van der Waals surface area (Å²) in [5.41, 5.74) is 0. The van der Waals surface area contributed by atoms with Crippen LogP contribution in [0, 0.1) is 6.08 Å². The Bertz CT molecular complexity index is 26.3. The van der Waals surface area contributed by atoms with Gasteiger partial charge >= 0.3 is 0 Å². The van der Waals surface area contributed by atoms with E-state index in [0.29, 0.717) is 0 Å². The average Bonchev–Trinajstić information content (AvgIpc) is 1.46. The molecule has 0 unspecified atom stereocenters. The maximum absolute atomic E-state index is 2.88. The second-order valence-electron chi connectivity index (χ2n) is 0.612. The van der Waals surface area contributed by atoms with Crippen LogP contribution in [0.5, 0.6) is 0 Å². The fourth-order valence-electron chi connectivity index (χ4n) is 0. The zero-order valence-corrected chi connectivity index (χ0v) is 3.85. The molecule has 4 heavy (non-hydrogen) atoms. The summed E-state index contributed by atoms with van der Waals surface area (Å²) in [6.07, 6.45) is 6.00. The van der Waals surface area contributed by atoms with Crippen molar-refractivity contribution in [3.8, 4) is 0 Å². The standard InChI is InChI=1S/C3H3.Ti/c1-2-3-1;/h1H,2H2;/q-1;. The Hall–Kier alpha value is 0.454. The molecule has 0 aliphatic heterocycles. The van der Waals surface area contributed by atoms with Crippen molar-refractivity contribution in [2.45, 2.75) is 6.42 Å². The first-order valence-corrected chi connectivity index (χ1v) is 1.05. The Labute approximate surface area is 40.8 Å². The van der Waals surface area contributed by atoms with Crippen LogP contribution in [0.4, 0.5) is 0 Å². The fourth-order valence-corrected chi connectivity index (χ4v) is 0. The molecular weight excluding hydrogens is 83.9 g/mol. The molecule has 0 aromatic rings. The van der Waals surface area contributed by atoms with Gasteiger partial charge in [0.1, 0.15) is 0 Å². The summed E-state index contributed by atoms with van der Waals surface area (Å²) in [4.78, 5) is 0. The molecule has 1 aliphatic carbocycles. The summed E-state index contributed by atoms with van der Waals surface area (Å²) in [5.74, 6) is 0. The largest absolute Gasteiger partial charge is 0.502 e. The third kappa shape index (κ3) is 2.45. The maximum Gasteiger partial charge on any atom is 0 e. The normalized spacial score (nSPS) is 14.0. The van der Waals surface area contributed by atoms with Crippen molar-refractivity contribution in [1.82, 2.24) is 0 Å². The van der Waals surface area contributed by atoms with E-state index in [0.717, 1.165) is 6.42 Å².